The van der Waals surface area contributed by atoms with Gasteiger partial charge in [-0.05, 0) is 55.5 Å². The summed E-state index contributed by atoms with van der Waals surface area (Å²) in [6, 6.07) is 24.8. The van der Waals surface area contributed by atoms with E-state index in [2.05, 4.69) is 15.3 Å². The number of nitrogens with one attached hydrogen (secondary N) is 1. The number of rotatable bonds is 5. The van der Waals surface area contributed by atoms with E-state index in [0.29, 0.717) is 11.3 Å². The monoisotopic (exact) mass is 501 g/mol. The minimum Gasteiger partial charge on any atom is -0.456 e. The van der Waals surface area contributed by atoms with E-state index in [-0.39, 0.29) is 11.5 Å². The Morgan fingerprint density at radius 1 is 0.737 bits per heavy atom. The van der Waals surface area contributed by atoms with E-state index in [1.165, 1.54) is 6.20 Å². The molecule has 0 aliphatic heterocycles. The Kier molecular flexibility index (Phi) is 6.71. The Labute approximate surface area is 221 Å². The number of pyridine rings is 2. The number of fused-ring (bicyclic) bond motifs is 1. The molecular formula is C32H27N3O3. The minimum absolute atomic E-state index is 0.261. The van der Waals surface area contributed by atoms with Crippen LogP contribution in [0.15, 0.2) is 104 Å². The lowest BCUT2D eigenvalue weighted by Gasteiger charge is -2.21. The van der Waals surface area contributed by atoms with Crippen molar-refractivity contribution < 1.29 is 14.3 Å². The topological polar surface area (TPSA) is 81.2 Å². The van der Waals surface area contributed by atoms with Crippen LogP contribution in [-0.4, -0.2) is 27.4 Å². The third kappa shape index (κ3) is 5.44. The molecule has 38 heavy (non-hydrogen) atoms. The molecule has 6 nitrogen and oxygen atoms in total. The number of nitrogens with zero attached hydrogens (tertiary/aromatic N) is 2. The highest BCUT2D eigenvalue weighted by Gasteiger charge is 2.22. The lowest BCUT2D eigenvalue weighted by molar-refractivity contribution is 0.00708. The van der Waals surface area contributed by atoms with Gasteiger partial charge in [-0.2, -0.15) is 0 Å². The molecule has 0 atom stereocenters. The normalized spacial score (nSPS) is 11.2. The molecule has 0 saturated carbocycles. The Morgan fingerprint density at radius 3 is 2.26 bits per heavy atom. The van der Waals surface area contributed by atoms with Gasteiger partial charge >= 0.3 is 5.97 Å². The molecule has 0 spiro atoms. The molecule has 5 aromatic rings. The molecule has 5 rings (SSSR count). The third-order valence-electron chi connectivity index (χ3n) is 5.97. The molecule has 1 amide bonds. The predicted octanol–water partition coefficient (Wildman–Crippen LogP) is 7.17. The summed E-state index contributed by atoms with van der Waals surface area (Å²) in [5.41, 5.74) is 3.77. The number of esters is 1. The molecular weight excluding hydrogens is 474 g/mol. The van der Waals surface area contributed by atoms with Crippen LogP contribution in [0, 0.1) is 0 Å². The highest BCUT2D eigenvalue weighted by Crippen LogP contribution is 2.32. The molecule has 0 bridgehead atoms. The largest absolute Gasteiger partial charge is 0.456 e. The van der Waals surface area contributed by atoms with Crippen molar-refractivity contribution in [2.75, 3.05) is 5.32 Å². The van der Waals surface area contributed by atoms with Gasteiger partial charge in [-0.1, -0.05) is 60.7 Å². The molecule has 188 valence electrons. The van der Waals surface area contributed by atoms with Crippen LogP contribution in [0.1, 0.15) is 41.5 Å². The first-order valence-corrected chi connectivity index (χ1v) is 12.3. The van der Waals surface area contributed by atoms with Gasteiger partial charge in [-0.25, -0.2) is 4.79 Å². The number of ether oxygens (including phenoxy) is 1. The van der Waals surface area contributed by atoms with Crippen molar-refractivity contribution >= 4 is 28.3 Å². The number of hydrogen-bond donors (Lipinski definition) is 1. The number of aromatic nitrogens is 2. The van der Waals surface area contributed by atoms with Crippen molar-refractivity contribution in [2.45, 2.75) is 26.4 Å². The molecule has 0 fully saturated rings. The first-order valence-electron chi connectivity index (χ1n) is 12.3. The second kappa shape index (κ2) is 10.3. The Morgan fingerprint density at radius 2 is 1.47 bits per heavy atom. The maximum Gasteiger partial charge on any atom is 0.340 e. The summed E-state index contributed by atoms with van der Waals surface area (Å²) in [5, 5.41) is 4.94. The summed E-state index contributed by atoms with van der Waals surface area (Å²) in [7, 11) is 0. The fraction of sp³-hybridized carbons (Fsp3) is 0.125. The van der Waals surface area contributed by atoms with E-state index in [9.17, 15) is 9.59 Å². The van der Waals surface area contributed by atoms with Crippen molar-refractivity contribution in [3.8, 4) is 22.3 Å². The summed E-state index contributed by atoms with van der Waals surface area (Å²) in [4.78, 5) is 35.2. The van der Waals surface area contributed by atoms with Gasteiger partial charge in [0.25, 0.3) is 5.91 Å². The molecule has 0 unspecified atom stereocenters. The van der Waals surface area contributed by atoms with Crippen LogP contribution in [0.25, 0.3) is 33.0 Å². The maximum atomic E-state index is 13.4. The quantitative estimate of drug-likeness (QED) is 0.258. The Bertz CT molecular complexity index is 1630. The highest BCUT2D eigenvalue weighted by atomic mass is 16.6. The SMILES string of the molecule is CC(C)(C)OC(=O)c1ccc(-c2cncc3ccccc23)cc1NC(=O)c1cncc(-c2ccccc2)c1. The van der Waals surface area contributed by atoms with Crippen LogP contribution in [-0.2, 0) is 4.74 Å². The van der Waals surface area contributed by atoms with Crippen molar-refractivity contribution in [1.29, 1.82) is 0 Å². The van der Waals surface area contributed by atoms with Crippen molar-refractivity contribution in [2.24, 2.45) is 0 Å². The summed E-state index contributed by atoms with van der Waals surface area (Å²) in [5.74, 6) is -0.903. The fourth-order valence-electron chi connectivity index (χ4n) is 4.22. The average Bonchev–Trinajstić information content (AvgIpc) is 2.92. The standard InChI is InChI=1S/C32H27N3O3/c1-32(2,3)38-31(37)27-14-13-22(28-20-34-17-23-11-7-8-12-26(23)28)16-29(27)35-30(36)25-15-24(18-33-19-25)21-9-5-4-6-10-21/h4-20H,1-3H3,(H,35,36). The van der Waals surface area contributed by atoms with Gasteiger partial charge in [0.1, 0.15) is 5.60 Å². The zero-order chi connectivity index (χ0) is 26.7. The molecule has 2 heterocycles. The smallest absolute Gasteiger partial charge is 0.340 e. The Hall–Kier alpha value is -4.84. The number of anilines is 1. The summed E-state index contributed by atoms with van der Waals surface area (Å²) >= 11 is 0. The van der Waals surface area contributed by atoms with E-state index < -0.39 is 11.6 Å². The molecule has 0 aliphatic rings. The molecule has 2 aromatic heterocycles. The minimum atomic E-state index is -0.690. The summed E-state index contributed by atoms with van der Waals surface area (Å²) < 4.78 is 5.63. The zero-order valence-corrected chi connectivity index (χ0v) is 21.4. The molecule has 1 N–H and O–H groups in total. The Balaban J connectivity index is 1.55. The number of benzene rings is 3. The van der Waals surface area contributed by atoms with Gasteiger partial charge in [0.2, 0.25) is 0 Å². The zero-order valence-electron chi connectivity index (χ0n) is 21.4. The van der Waals surface area contributed by atoms with Gasteiger partial charge in [0.15, 0.2) is 0 Å². The lowest BCUT2D eigenvalue weighted by atomic mass is 9.98. The van der Waals surface area contributed by atoms with Crippen LogP contribution in [0.4, 0.5) is 5.69 Å². The molecule has 0 radical (unpaired) electrons. The van der Waals surface area contributed by atoms with E-state index in [0.717, 1.165) is 33.0 Å². The van der Waals surface area contributed by atoms with E-state index in [4.69, 9.17) is 4.74 Å². The van der Waals surface area contributed by atoms with Crippen molar-refractivity contribution in [3.05, 3.63) is 115 Å². The van der Waals surface area contributed by atoms with Crippen molar-refractivity contribution in [3.63, 3.8) is 0 Å². The van der Waals surface area contributed by atoms with Crippen LogP contribution in [0.5, 0.6) is 0 Å². The molecule has 0 saturated heterocycles. The number of hydrogen-bond acceptors (Lipinski definition) is 5. The average molecular weight is 502 g/mol. The maximum absolute atomic E-state index is 13.4. The molecule has 6 heteroatoms. The van der Waals surface area contributed by atoms with Crippen LogP contribution in [0.2, 0.25) is 0 Å². The second-order valence-electron chi connectivity index (χ2n) is 9.95. The third-order valence-corrected chi connectivity index (χ3v) is 5.97. The van der Waals surface area contributed by atoms with Crippen LogP contribution < -0.4 is 5.32 Å². The number of carbonyl (C=O) groups excluding carboxylic acids is 2. The van der Waals surface area contributed by atoms with Crippen molar-refractivity contribution in [1.82, 2.24) is 9.97 Å². The van der Waals surface area contributed by atoms with Gasteiger partial charge < -0.3 is 10.1 Å². The van der Waals surface area contributed by atoms with E-state index >= 15 is 0 Å². The van der Waals surface area contributed by atoms with Gasteiger partial charge in [0.05, 0.1) is 16.8 Å². The van der Waals surface area contributed by atoms with Crippen LogP contribution >= 0.6 is 0 Å². The lowest BCUT2D eigenvalue weighted by Crippen LogP contribution is -2.25. The fourth-order valence-corrected chi connectivity index (χ4v) is 4.22. The number of carbonyl (C=O) groups is 2. The van der Waals surface area contributed by atoms with Crippen LogP contribution in [0.3, 0.4) is 0 Å². The predicted molar refractivity (Wildman–Crippen MR) is 150 cm³/mol. The first kappa shape index (κ1) is 24.8. The van der Waals surface area contributed by atoms with Gasteiger partial charge in [0, 0.05) is 41.3 Å². The molecule has 0 aliphatic carbocycles. The first-order chi connectivity index (χ1) is 18.3. The van der Waals surface area contributed by atoms with E-state index in [1.54, 1.807) is 51.4 Å². The highest BCUT2D eigenvalue weighted by molar-refractivity contribution is 6.09. The second-order valence-corrected chi connectivity index (χ2v) is 9.95. The van der Waals surface area contributed by atoms with Gasteiger partial charge in [-0.15, -0.1) is 0 Å². The van der Waals surface area contributed by atoms with E-state index in [1.807, 2.05) is 66.9 Å². The summed E-state index contributed by atoms with van der Waals surface area (Å²) in [6.45, 7) is 5.42. The van der Waals surface area contributed by atoms with Gasteiger partial charge in [-0.3, -0.25) is 14.8 Å². The summed E-state index contributed by atoms with van der Waals surface area (Å²) in [6.07, 6.45) is 6.81. The number of amides is 1. The molecule has 3 aromatic carbocycles.